The van der Waals surface area contributed by atoms with Gasteiger partial charge in [0.05, 0.1) is 15.6 Å². The minimum atomic E-state index is -0.746. The van der Waals surface area contributed by atoms with Crippen LogP contribution in [0.15, 0.2) is 35.7 Å². The van der Waals surface area contributed by atoms with Gasteiger partial charge in [-0.25, -0.2) is 0 Å². The maximum atomic E-state index is 12.7. The molecule has 6 nitrogen and oxygen atoms in total. The SMILES string of the molecule is CNC(=O)c1ccc(Cl)c(NC(=O)C(NC(=O)c2cccs2)C(C)C)c1. The number of benzene rings is 1. The van der Waals surface area contributed by atoms with Gasteiger partial charge in [0.25, 0.3) is 11.8 Å². The Morgan fingerprint density at radius 3 is 2.42 bits per heavy atom. The molecule has 0 saturated heterocycles. The van der Waals surface area contributed by atoms with Crippen molar-refractivity contribution in [2.75, 3.05) is 12.4 Å². The number of anilines is 1. The van der Waals surface area contributed by atoms with E-state index in [0.717, 1.165) is 0 Å². The molecule has 3 amide bonds. The van der Waals surface area contributed by atoms with Crippen molar-refractivity contribution in [1.82, 2.24) is 10.6 Å². The minimum Gasteiger partial charge on any atom is -0.355 e. The van der Waals surface area contributed by atoms with Crippen LogP contribution in [0.4, 0.5) is 5.69 Å². The lowest BCUT2D eigenvalue weighted by Gasteiger charge is -2.22. The van der Waals surface area contributed by atoms with Crippen molar-refractivity contribution in [3.63, 3.8) is 0 Å². The molecule has 2 aromatic rings. The molecule has 0 aliphatic heterocycles. The van der Waals surface area contributed by atoms with Gasteiger partial charge in [-0.05, 0) is 35.6 Å². The van der Waals surface area contributed by atoms with Gasteiger partial charge >= 0.3 is 0 Å². The van der Waals surface area contributed by atoms with E-state index in [2.05, 4.69) is 16.0 Å². The molecule has 0 saturated carbocycles. The Labute approximate surface area is 160 Å². The summed E-state index contributed by atoms with van der Waals surface area (Å²) in [7, 11) is 1.52. The third-order valence-electron chi connectivity index (χ3n) is 3.69. The first-order valence-electron chi connectivity index (χ1n) is 8.00. The van der Waals surface area contributed by atoms with Crippen LogP contribution in [0.2, 0.25) is 5.02 Å². The third kappa shape index (κ3) is 4.83. The number of thiophene rings is 1. The van der Waals surface area contributed by atoms with E-state index in [1.807, 2.05) is 13.8 Å². The van der Waals surface area contributed by atoms with E-state index < -0.39 is 11.9 Å². The van der Waals surface area contributed by atoms with Crippen molar-refractivity contribution < 1.29 is 14.4 Å². The molecule has 0 radical (unpaired) electrons. The normalized spacial score (nSPS) is 11.7. The van der Waals surface area contributed by atoms with E-state index in [1.54, 1.807) is 23.6 Å². The summed E-state index contributed by atoms with van der Waals surface area (Å²) in [4.78, 5) is 37.2. The van der Waals surface area contributed by atoms with Crippen LogP contribution in [-0.4, -0.2) is 30.8 Å². The zero-order valence-corrected chi connectivity index (χ0v) is 16.2. The lowest BCUT2D eigenvalue weighted by atomic mass is 10.0. The summed E-state index contributed by atoms with van der Waals surface area (Å²) in [6.07, 6.45) is 0. The number of carbonyl (C=O) groups is 3. The van der Waals surface area contributed by atoms with Gasteiger partial charge in [0, 0.05) is 12.6 Å². The lowest BCUT2D eigenvalue weighted by molar-refractivity contribution is -0.118. The molecule has 1 unspecified atom stereocenters. The monoisotopic (exact) mass is 393 g/mol. The van der Waals surface area contributed by atoms with Crippen LogP contribution in [0, 0.1) is 5.92 Å². The van der Waals surface area contributed by atoms with Crippen molar-refractivity contribution in [3.8, 4) is 0 Å². The van der Waals surface area contributed by atoms with E-state index >= 15 is 0 Å². The number of hydrogen-bond acceptors (Lipinski definition) is 4. The fraction of sp³-hybridized carbons (Fsp3) is 0.278. The number of nitrogens with one attached hydrogen (secondary N) is 3. The standard InChI is InChI=1S/C18H20ClN3O3S/c1-10(2)15(22-17(24)14-5-4-8-26-14)18(25)21-13-9-11(16(23)20-3)6-7-12(13)19/h4-10,15H,1-3H3,(H,20,23)(H,21,25)(H,22,24). The molecule has 1 aromatic carbocycles. The van der Waals surface area contributed by atoms with Crippen molar-refractivity contribution >= 4 is 46.3 Å². The second-order valence-corrected chi connectivity index (χ2v) is 7.29. The molecule has 0 bridgehead atoms. The first kappa shape index (κ1) is 19.9. The van der Waals surface area contributed by atoms with E-state index in [1.165, 1.54) is 30.5 Å². The van der Waals surface area contributed by atoms with Crippen LogP contribution >= 0.6 is 22.9 Å². The van der Waals surface area contributed by atoms with Crippen LogP contribution in [0.5, 0.6) is 0 Å². The number of hydrogen-bond donors (Lipinski definition) is 3. The molecule has 0 spiro atoms. The number of carbonyl (C=O) groups excluding carboxylic acids is 3. The molecular weight excluding hydrogens is 374 g/mol. The lowest BCUT2D eigenvalue weighted by Crippen LogP contribution is -2.47. The van der Waals surface area contributed by atoms with Crippen molar-refractivity contribution in [2.24, 2.45) is 5.92 Å². The van der Waals surface area contributed by atoms with E-state index in [4.69, 9.17) is 11.6 Å². The van der Waals surface area contributed by atoms with Gasteiger partial charge in [0.2, 0.25) is 5.91 Å². The first-order chi connectivity index (χ1) is 12.3. The minimum absolute atomic E-state index is 0.139. The zero-order valence-electron chi connectivity index (χ0n) is 14.6. The van der Waals surface area contributed by atoms with Gasteiger partial charge < -0.3 is 16.0 Å². The molecule has 138 valence electrons. The second kappa shape index (κ2) is 8.82. The predicted molar refractivity (Wildman–Crippen MR) is 104 cm³/mol. The Morgan fingerprint density at radius 1 is 1.12 bits per heavy atom. The van der Waals surface area contributed by atoms with Gasteiger partial charge in [-0.2, -0.15) is 0 Å². The third-order valence-corrected chi connectivity index (χ3v) is 4.89. The van der Waals surface area contributed by atoms with E-state index in [9.17, 15) is 14.4 Å². The second-order valence-electron chi connectivity index (χ2n) is 5.94. The van der Waals surface area contributed by atoms with Gasteiger partial charge in [-0.15, -0.1) is 11.3 Å². The van der Waals surface area contributed by atoms with Gasteiger partial charge in [-0.3, -0.25) is 14.4 Å². The van der Waals surface area contributed by atoms with Crippen LogP contribution in [0.25, 0.3) is 0 Å². The zero-order chi connectivity index (χ0) is 19.3. The van der Waals surface area contributed by atoms with Gasteiger partial charge in [-0.1, -0.05) is 31.5 Å². The Balaban J connectivity index is 2.17. The first-order valence-corrected chi connectivity index (χ1v) is 9.26. The quantitative estimate of drug-likeness (QED) is 0.704. The Kier molecular flexibility index (Phi) is 6.76. The molecule has 1 aromatic heterocycles. The molecule has 3 N–H and O–H groups in total. The van der Waals surface area contributed by atoms with E-state index in [0.29, 0.717) is 21.2 Å². The maximum absolute atomic E-state index is 12.7. The molecule has 8 heteroatoms. The molecule has 1 heterocycles. The molecular formula is C18H20ClN3O3S. The average Bonchev–Trinajstić information content (AvgIpc) is 3.15. The Bertz CT molecular complexity index is 806. The summed E-state index contributed by atoms with van der Waals surface area (Å²) in [6.45, 7) is 3.67. The van der Waals surface area contributed by atoms with Crippen LogP contribution < -0.4 is 16.0 Å². The average molecular weight is 394 g/mol. The smallest absolute Gasteiger partial charge is 0.262 e. The number of halogens is 1. The van der Waals surface area contributed by atoms with Crippen molar-refractivity contribution in [1.29, 1.82) is 0 Å². The summed E-state index contributed by atoms with van der Waals surface area (Å²) >= 11 is 7.43. The highest BCUT2D eigenvalue weighted by atomic mass is 35.5. The molecule has 1 atom stereocenters. The summed E-state index contributed by atoms with van der Waals surface area (Å²) in [6, 6.07) is 7.32. The van der Waals surface area contributed by atoms with Crippen LogP contribution in [0.3, 0.4) is 0 Å². The van der Waals surface area contributed by atoms with Crippen molar-refractivity contribution in [2.45, 2.75) is 19.9 Å². The highest BCUT2D eigenvalue weighted by Crippen LogP contribution is 2.24. The molecule has 0 aliphatic carbocycles. The highest BCUT2D eigenvalue weighted by molar-refractivity contribution is 7.12. The summed E-state index contributed by atoms with van der Waals surface area (Å²) in [5.74, 6) is -1.14. The highest BCUT2D eigenvalue weighted by Gasteiger charge is 2.25. The van der Waals surface area contributed by atoms with Crippen LogP contribution in [-0.2, 0) is 4.79 Å². The van der Waals surface area contributed by atoms with E-state index in [-0.39, 0.29) is 17.7 Å². The van der Waals surface area contributed by atoms with Gasteiger partial charge in [0.1, 0.15) is 6.04 Å². The summed E-state index contributed by atoms with van der Waals surface area (Å²) < 4.78 is 0. The van der Waals surface area contributed by atoms with Gasteiger partial charge in [0.15, 0.2) is 0 Å². The predicted octanol–water partition coefficient (Wildman–Crippen LogP) is 3.15. The molecule has 0 fully saturated rings. The topological polar surface area (TPSA) is 87.3 Å². The Hall–Kier alpha value is -2.38. The molecule has 26 heavy (non-hydrogen) atoms. The summed E-state index contributed by atoms with van der Waals surface area (Å²) in [5, 5.41) is 10.1. The largest absolute Gasteiger partial charge is 0.355 e. The maximum Gasteiger partial charge on any atom is 0.262 e. The fourth-order valence-corrected chi connectivity index (χ4v) is 3.06. The van der Waals surface area contributed by atoms with Crippen molar-refractivity contribution in [3.05, 3.63) is 51.2 Å². The molecule has 2 rings (SSSR count). The number of amides is 3. The Morgan fingerprint density at radius 2 is 1.85 bits per heavy atom. The summed E-state index contributed by atoms with van der Waals surface area (Å²) in [5.41, 5.74) is 0.685. The fourth-order valence-electron chi connectivity index (χ4n) is 2.27. The molecule has 0 aliphatic rings. The number of rotatable bonds is 6. The van der Waals surface area contributed by atoms with Crippen LogP contribution in [0.1, 0.15) is 33.9 Å².